The summed E-state index contributed by atoms with van der Waals surface area (Å²) in [4.78, 5) is 12.6. The molecule has 1 aliphatic heterocycles. The Kier molecular flexibility index (Phi) is 1.66. The van der Waals surface area contributed by atoms with Crippen LogP contribution in [0.2, 0.25) is 0 Å². The second-order valence-corrected chi connectivity index (χ2v) is 2.81. The fraction of sp³-hybridized carbons (Fsp3) is 0.833. The lowest BCUT2D eigenvalue weighted by molar-refractivity contribution is -0.151. The van der Waals surface area contributed by atoms with E-state index in [2.05, 4.69) is 5.32 Å². The summed E-state index contributed by atoms with van der Waals surface area (Å²) in [5.74, 6) is -0.756. The molecule has 4 heteroatoms. The Hall–Kier alpha value is -0.610. The number of hydrogen-bond donors (Lipinski definition) is 2. The molecule has 1 fully saturated rings. The minimum Gasteiger partial charge on any atom is -0.480 e. The van der Waals surface area contributed by atoms with Gasteiger partial charge in [-0.15, -0.1) is 0 Å². The molecule has 0 radical (unpaired) electrons. The van der Waals surface area contributed by atoms with E-state index in [1.807, 2.05) is 11.9 Å². The number of nitrogens with zero attached hydrogens (tertiary/aromatic N) is 1. The van der Waals surface area contributed by atoms with Crippen molar-refractivity contribution in [2.75, 3.05) is 27.2 Å². The van der Waals surface area contributed by atoms with Gasteiger partial charge >= 0.3 is 5.97 Å². The molecule has 0 amide bonds. The molecule has 0 aromatic rings. The Bertz CT molecular complexity index is 152. The zero-order valence-corrected chi connectivity index (χ0v) is 6.22. The molecule has 0 spiro atoms. The molecular weight excluding hydrogens is 132 g/mol. The molecular formula is C6H12N2O2. The van der Waals surface area contributed by atoms with Gasteiger partial charge in [0.25, 0.3) is 0 Å². The van der Waals surface area contributed by atoms with E-state index in [0.29, 0.717) is 13.1 Å². The van der Waals surface area contributed by atoms with E-state index in [-0.39, 0.29) is 0 Å². The van der Waals surface area contributed by atoms with E-state index in [1.54, 1.807) is 7.05 Å². The summed E-state index contributed by atoms with van der Waals surface area (Å²) in [5, 5.41) is 11.5. The van der Waals surface area contributed by atoms with Gasteiger partial charge in [-0.1, -0.05) is 0 Å². The van der Waals surface area contributed by atoms with Crippen LogP contribution in [-0.4, -0.2) is 48.7 Å². The third-order valence-electron chi connectivity index (χ3n) is 1.97. The highest BCUT2D eigenvalue weighted by Crippen LogP contribution is 2.17. The maximum atomic E-state index is 10.6. The Labute approximate surface area is 59.8 Å². The highest BCUT2D eigenvalue weighted by molar-refractivity contribution is 5.80. The number of carbonyl (C=O) groups is 1. The smallest absolute Gasteiger partial charge is 0.326 e. The van der Waals surface area contributed by atoms with E-state index in [9.17, 15) is 4.79 Å². The molecule has 0 aromatic heterocycles. The fourth-order valence-corrected chi connectivity index (χ4v) is 1.28. The molecule has 10 heavy (non-hydrogen) atoms. The van der Waals surface area contributed by atoms with E-state index in [1.165, 1.54) is 0 Å². The first-order valence-corrected chi connectivity index (χ1v) is 3.21. The van der Waals surface area contributed by atoms with Gasteiger partial charge in [0.15, 0.2) is 0 Å². The third-order valence-corrected chi connectivity index (χ3v) is 1.97. The maximum Gasteiger partial charge on any atom is 0.326 e. The number of carboxylic acids is 1. The Balaban J connectivity index is 2.56. The number of aliphatic carboxylic acids is 1. The molecule has 4 nitrogen and oxygen atoms in total. The van der Waals surface area contributed by atoms with Crippen LogP contribution in [0.4, 0.5) is 0 Å². The third kappa shape index (κ3) is 0.892. The average molecular weight is 144 g/mol. The summed E-state index contributed by atoms with van der Waals surface area (Å²) in [6, 6.07) is 0. The number of carboxylic acid groups (broad SMARTS) is 1. The summed E-state index contributed by atoms with van der Waals surface area (Å²) >= 11 is 0. The van der Waals surface area contributed by atoms with Crippen LogP contribution in [-0.2, 0) is 4.79 Å². The van der Waals surface area contributed by atoms with Crippen molar-refractivity contribution in [3.05, 3.63) is 0 Å². The first kappa shape index (κ1) is 7.50. The second-order valence-electron chi connectivity index (χ2n) is 2.81. The predicted molar refractivity (Wildman–Crippen MR) is 36.9 cm³/mol. The summed E-state index contributed by atoms with van der Waals surface area (Å²) in [7, 11) is 3.58. The quantitative estimate of drug-likeness (QED) is 0.520. The molecule has 0 saturated carbocycles. The molecule has 0 aromatic carbocycles. The maximum absolute atomic E-state index is 10.6. The number of rotatable bonds is 2. The first-order chi connectivity index (χ1) is 4.60. The normalized spacial score (nSPS) is 23.8. The highest BCUT2D eigenvalue weighted by atomic mass is 16.4. The molecule has 1 heterocycles. The summed E-state index contributed by atoms with van der Waals surface area (Å²) in [5.41, 5.74) is -0.672. The van der Waals surface area contributed by atoms with Crippen LogP contribution in [0.25, 0.3) is 0 Å². The minimum absolute atomic E-state index is 0.596. The topological polar surface area (TPSA) is 52.6 Å². The van der Waals surface area contributed by atoms with Crippen LogP contribution < -0.4 is 5.32 Å². The predicted octanol–water partition coefficient (Wildman–Crippen LogP) is -1.03. The van der Waals surface area contributed by atoms with Crippen molar-refractivity contribution in [2.45, 2.75) is 5.54 Å². The van der Waals surface area contributed by atoms with Gasteiger partial charge in [0, 0.05) is 13.1 Å². The van der Waals surface area contributed by atoms with Gasteiger partial charge in [0.2, 0.25) is 0 Å². The molecule has 2 N–H and O–H groups in total. The van der Waals surface area contributed by atoms with Crippen molar-refractivity contribution in [3.8, 4) is 0 Å². The summed E-state index contributed by atoms with van der Waals surface area (Å²) in [6.07, 6.45) is 0. The Morgan fingerprint density at radius 1 is 1.70 bits per heavy atom. The summed E-state index contributed by atoms with van der Waals surface area (Å²) in [6.45, 7) is 1.19. The van der Waals surface area contributed by atoms with E-state index in [4.69, 9.17) is 5.11 Å². The lowest BCUT2D eigenvalue weighted by atomic mass is 9.91. The van der Waals surface area contributed by atoms with Gasteiger partial charge in [-0.2, -0.15) is 0 Å². The van der Waals surface area contributed by atoms with Crippen LogP contribution in [0.3, 0.4) is 0 Å². The van der Waals surface area contributed by atoms with E-state index >= 15 is 0 Å². The lowest BCUT2D eigenvalue weighted by Crippen LogP contribution is -2.71. The average Bonchev–Trinajstić information content (AvgIpc) is 1.79. The molecule has 0 atom stereocenters. The van der Waals surface area contributed by atoms with Crippen LogP contribution >= 0.6 is 0 Å². The lowest BCUT2D eigenvalue weighted by Gasteiger charge is -2.44. The van der Waals surface area contributed by atoms with Gasteiger partial charge in [-0.3, -0.25) is 4.79 Å². The van der Waals surface area contributed by atoms with Crippen molar-refractivity contribution in [1.82, 2.24) is 10.2 Å². The van der Waals surface area contributed by atoms with E-state index in [0.717, 1.165) is 0 Å². The largest absolute Gasteiger partial charge is 0.480 e. The van der Waals surface area contributed by atoms with Crippen molar-refractivity contribution >= 4 is 5.97 Å². The standard InChI is InChI=1S/C6H12N2O2/c1-7-6(5(9)10)3-8(2)4-6/h7H,3-4H2,1-2H3,(H,9,10). The summed E-state index contributed by atoms with van der Waals surface area (Å²) < 4.78 is 0. The van der Waals surface area contributed by atoms with Crippen molar-refractivity contribution in [3.63, 3.8) is 0 Å². The van der Waals surface area contributed by atoms with Gasteiger partial charge < -0.3 is 15.3 Å². The van der Waals surface area contributed by atoms with Crippen LogP contribution in [0.1, 0.15) is 0 Å². The molecule has 1 rings (SSSR count). The van der Waals surface area contributed by atoms with Crippen molar-refractivity contribution in [1.29, 1.82) is 0 Å². The molecule has 1 saturated heterocycles. The van der Waals surface area contributed by atoms with Crippen molar-refractivity contribution < 1.29 is 9.90 Å². The zero-order valence-electron chi connectivity index (χ0n) is 6.22. The molecule has 0 aliphatic carbocycles. The molecule has 0 unspecified atom stereocenters. The monoisotopic (exact) mass is 144 g/mol. The highest BCUT2D eigenvalue weighted by Gasteiger charge is 2.46. The van der Waals surface area contributed by atoms with Gasteiger partial charge in [0.1, 0.15) is 5.54 Å². The van der Waals surface area contributed by atoms with Crippen LogP contribution in [0.5, 0.6) is 0 Å². The molecule has 0 bridgehead atoms. The molecule has 1 aliphatic rings. The Morgan fingerprint density at radius 2 is 2.20 bits per heavy atom. The van der Waals surface area contributed by atoms with Crippen LogP contribution in [0.15, 0.2) is 0 Å². The minimum atomic E-state index is -0.756. The van der Waals surface area contributed by atoms with Gasteiger partial charge in [0.05, 0.1) is 0 Å². The number of likely N-dealkylation sites (N-methyl/N-ethyl adjacent to an activating group) is 2. The number of hydrogen-bond acceptors (Lipinski definition) is 3. The number of nitrogens with one attached hydrogen (secondary N) is 1. The zero-order chi connectivity index (χ0) is 7.78. The second kappa shape index (κ2) is 2.21. The van der Waals surface area contributed by atoms with Crippen molar-refractivity contribution in [2.24, 2.45) is 0 Å². The first-order valence-electron chi connectivity index (χ1n) is 3.21. The van der Waals surface area contributed by atoms with Gasteiger partial charge in [-0.25, -0.2) is 0 Å². The Morgan fingerprint density at radius 3 is 2.30 bits per heavy atom. The SMILES string of the molecule is CNC1(C(=O)O)CN(C)C1. The molecule has 58 valence electrons. The van der Waals surface area contributed by atoms with E-state index < -0.39 is 11.5 Å². The van der Waals surface area contributed by atoms with Gasteiger partial charge in [-0.05, 0) is 14.1 Å². The fourth-order valence-electron chi connectivity index (χ4n) is 1.28. The van der Waals surface area contributed by atoms with Crippen LogP contribution in [0, 0.1) is 0 Å². The number of likely N-dealkylation sites (tertiary alicyclic amines) is 1.